The quantitative estimate of drug-likeness (QED) is 0.755. The van der Waals surface area contributed by atoms with Gasteiger partial charge in [-0.2, -0.15) is 0 Å². The monoisotopic (exact) mass is 362 g/mol. The zero-order chi connectivity index (χ0) is 16.7. The van der Waals surface area contributed by atoms with E-state index in [0.717, 1.165) is 36.3 Å². The molecule has 0 spiro atoms. The minimum Gasteiger partial charge on any atom is -0.391 e. The molecule has 2 aromatic heterocycles. The van der Waals surface area contributed by atoms with E-state index in [2.05, 4.69) is 9.88 Å². The maximum atomic E-state index is 9.97. The predicted molar refractivity (Wildman–Crippen MR) is 96.3 cm³/mol. The summed E-state index contributed by atoms with van der Waals surface area (Å²) in [6.07, 6.45) is 6.78. The van der Waals surface area contributed by atoms with Crippen molar-refractivity contribution in [2.24, 2.45) is 0 Å². The molecule has 1 saturated heterocycles. The Balaban J connectivity index is 1.93. The molecule has 0 saturated carbocycles. The third-order valence-electron chi connectivity index (χ3n) is 4.34. The lowest BCUT2D eigenvalue weighted by molar-refractivity contribution is 0.154. The van der Waals surface area contributed by atoms with Crippen LogP contribution in [-0.2, 0) is 0 Å². The molecule has 124 valence electrons. The van der Waals surface area contributed by atoms with Crippen LogP contribution >= 0.6 is 23.2 Å². The zero-order valence-corrected chi connectivity index (χ0v) is 14.4. The van der Waals surface area contributed by atoms with E-state index in [9.17, 15) is 5.11 Å². The molecular formula is C17H16Cl2N4O. The molecule has 0 amide bonds. The molecule has 1 aliphatic rings. The molecule has 1 atom stereocenters. The minimum absolute atomic E-state index is 0.331. The van der Waals surface area contributed by atoms with E-state index in [-0.39, 0.29) is 6.10 Å². The van der Waals surface area contributed by atoms with Gasteiger partial charge in [-0.1, -0.05) is 23.2 Å². The van der Waals surface area contributed by atoms with Crippen LogP contribution in [0.5, 0.6) is 0 Å². The summed E-state index contributed by atoms with van der Waals surface area (Å²) in [6.45, 7) is 1.43. The Morgan fingerprint density at radius 1 is 1.25 bits per heavy atom. The van der Waals surface area contributed by atoms with Crippen molar-refractivity contribution >= 4 is 39.9 Å². The third kappa shape index (κ3) is 2.73. The van der Waals surface area contributed by atoms with E-state index in [0.29, 0.717) is 22.1 Å². The van der Waals surface area contributed by atoms with Crippen LogP contribution in [0.15, 0.2) is 36.9 Å². The van der Waals surface area contributed by atoms with Crippen LogP contribution in [0.3, 0.4) is 0 Å². The molecule has 1 N–H and O–H groups in total. The Morgan fingerprint density at radius 3 is 2.88 bits per heavy atom. The lowest BCUT2D eigenvalue weighted by atomic mass is 10.1. The van der Waals surface area contributed by atoms with Crippen LogP contribution in [0.1, 0.15) is 12.8 Å². The largest absolute Gasteiger partial charge is 0.391 e. The fourth-order valence-electron chi connectivity index (χ4n) is 3.14. The van der Waals surface area contributed by atoms with Crippen molar-refractivity contribution in [3.05, 3.63) is 47.0 Å². The molecule has 1 fully saturated rings. The average molecular weight is 363 g/mol. The van der Waals surface area contributed by atoms with Crippen LogP contribution in [0.4, 0.5) is 5.82 Å². The van der Waals surface area contributed by atoms with Gasteiger partial charge in [0.15, 0.2) is 0 Å². The van der Waals surface area contributed by atoms with Gasteiger partial charge >= 0.3 is 0 Å². The Labute approximate surface area is 149 Å². The van der Waals surface area contributed by atoms with Gasteiger partial charge in [0, 0.05) is 36.9 Å². The van der Waals surface area contributed by atoms with Gasteiger partial charge in [0.05, 0.1) is 33.7 Å². The first-order valence-electron chi connectivity index (χ1n) is 7.83. The highest BCUT2D eigenvalue weighted by Gasteiger charge is 2.21. The van der Waals surface area contributed by atoms with Crippen molar-refractivity contribution in [2.75, 3.05) is 18.0 Å². The van der Waals surface area contributed by atoms with E-state index < -0.39 is 0 Å². The predicted octanol–water partition coefficient (Wildman–Crippen LogP) is 3.69. The summed E-state index contributed by atoms with van der Waals surface area (Å²) >= 11 is 12.6. The third-order valence-corrected chi connectivity index (χ3v) is 5.13. The number of piperidine rings is 1. The summed E-state index contributed by atoms with van der Waals surface area (Å²) in [5, 5.41) is 11.8. The lowest BCUT2D eigenvalue weighted by Crippen LogP contribution is -2.38. The first kappa shape index (κ1) is 15.7. The molecule has 1 aliphatic heterocycles. The molecule has 3 aromatic rings. The van der Waals surface area contributed by atoms with Gasteiger partial charge in [0.25, 0.3) is 0 Å². The summed E-state index contributed by atoms with van der Waals surface area (Å²) < 4.78 is 1.93. The number of aliphatic hydroxyl groups excluding tert-OH is 1. The maximum absolute atomic E-state index is 9.97. The number of pyridine rings is 1. The summed E-state index contributed by atoms with van der Waals surface area (Å²) in [7, 11) is 0. The number of hydrogen-bond donors (Lipinski definition) is 1. The Morgan fingerprint density at radius 2 is 2.12 bits per heavy atom. The standard InChI is InChI=1S/C17H16Cl2N4O/c18-13-4-3-12-14(23-7-5-20-10-23)8-15(21-17(12)16(13)19)22-6-1-2-11(24)9-22/h3-5,7-8,10-11,24H,1-2,6,9H2/t11-/m0/s1. The van der Waals surface area contributed by atoms with Gasteiger partial charge in [0.2, 0.25) is 0 Å². The number of nitrogens with zero attached hydrogens (tertiary/aromatic N) is 4. The second-order valence-electron chi connectivity index (χ2n) is 5.97. The molecule has 0 aliphatic carbocycles. The number of fused-ring (bicyclic) bond motifs is 1. The summed E-state index contributed by atoms with van der Waals surface area (Å²) in [5.41, 5.74) is 1.59. The van der Waals surface area contributed by atoms with Crippen molar-refractivity contribution in [3.63, 3.8) is 0 Å². The Hall–Kier alpha value is -1.82. The van der Waals surface area contributed by atoms with Crippen molar-refractivity contribution in [1.29, 1.82) is 0 Å². The van der Waals surface area contributed by atoms with Crippen molar-refractivity contribution in [3.8, 4) is 5.69 Å². The molecule has 0 unspecified atom stereocenters. The highest BCUT2D eigenvalue weighted by Crippen LogP contribution is 2.35. The van der Waals surface area contributed by atoms with Gasteiger partial charge in [-0.3, -0.25) is 0 Å². The first-order chi connectivity index (χ1) is 11.6. The molecule has 3 heterocycles. The molecule has 0 bridgehead atoms. The van der Waals surface area contributed by atoms with Gasteiger partial charge in [-0.25, -0.2) is 9.97 Å². The summed E-state index contributed by atoms with van der Waals surface area (Å²) in [5.74, 6) is 0.786. The normalized spacial score (nSPS) is 18.3. The van der Waals surface area contributed by atoms with Crippen LogP contribution < -0.4 is 4.90 Å². The average Bonchev–Trinajstić information content (AvgIpc) is 3.12. The fraction of sp³-hybridized carbons (Fsp3) is 0.294. The Kier molecular flexibility index (Phi) is 4.08. The highest BCUT2D eigenvalue weighted by atomic mass is 35.5. The van der Waals surface area contributed by atoms with Crippen molar-refractivity contribution in [1.82, 2.24) is 14.5 Å². The number of benzene rings is 1. The van der Waals surface area contributed by atoms with E-state index >= 15 is 0 Å². The smallest absolute Gasteiger partial charge is 0.131 e. The van der Waals surface area contributed by atoms with Crippen molar-refractivity contribution in [2.45, 2.75) is 18.9 Å². The van der Waals surface area contributed by atoms with Crippen LogP contribution in [0, 0.1) is 0 Å². The topological polar surface area (TPSA) is 54.2 Å². The zero-order valence-electron chi connectivity index (χ0n) is 12.9. The minimum atomic E-state index is -0.331. The molecule has 7 heteroatoms. The molecule has 5 nitrogen and oxygen atoms in total. The molecule has 4 rings (SSSR count). The van der Waals surface area contributed by atoms with Crippen molar-refractivity contribution < 1.29 is 5.11 Å². The molecule has 24 heavy (non-hydrogen) atoms. The number of β-amino-alcohol motifs (C(OH)–C–C–N with tert-alkyl or cyclic N) is 1. The van der Waals surface area contributed by atoms with E-state index in [1.807, 2.05) is 22.9 Å². The first-order valence-corrected chi connectivity index (χ1v) is 8.59. The summed E-state index contributed by atoms with van der Waals surface area (Å²) in [4.78, 5) is 10.9. The van der Waals surface area contributed by atoms with Gasteiger partial charge in [-0.05, 0) is 25.0 Å². The number of rotatable bonds is 2. The number of aliphatic hydroxyl groups is 1. The second kappa shape index (κ2) is 6.24. The number of hydrogen-bond acceptors (Lipinski definition) is 4. The van der Waals surface area contributed by atoms with Gasteiger partial charge in [-0.15, -0.1) is 0 Å². The molecule has 1 aromatic carbocycles. The highest BCUT2D eigenvalue weighted by molar-refractivity contribution is 6.45. The maximum Gasteiger partial charge on any atom is 0.131 e. The van der Waals surface area contributed by atoms with Gasteiger partial charge < -0.3 is 14.6 Å². The number of halogens is 2. The number of imidazole rings is 1. The van der Waals surface area contributed by atoms with Crippen LogP contribution in [-0.4, -0.2) is 38.8 Å². The number of aromatic nitrogens is 3. The number of anilines is 1. The summed E-state index contributed by atoms with van der Waals surface area (Å²) in [6, 6.07) is 5.70. The fourth-order valence-corrected chi connectivity index (χ4v) is 3.50. The SMILES string of the molecule is O[C@H]1CCCN(c2cc(-n3ccnc3)c3ccc(Cl)c(Cl)c3n2)C1. The second-order valence-corrected chi connectivity index (χ2v) is 6.75. The van der Waals surface area contributed by atoms with Crippen LogP contribution in [0.25, 0.3) is 16.6 Å². The molecular weight excluding hydrogens is 347 g/mol. The van der Waals surface area contributed by atoms with Gasteiger partial charge in [0.1, 0.15) is 5.82 Å². The lowest BCUT2D eigenvalue weighted by Gasteiger charge is -2.31. The van der Waals surface area contributed by atoms with E-state index in [1.54, 1.807) is 18.6 Å². The van der Waals surface area contributed by atoms with Crippen LogP contribution in [0.2, 0.25) is 10.0 Å². The van der Waals surface area contributed by atoms with E-state index in [4.69, 9.17) is 28.2 Å². The van der Waals surface area contributed by atoms with E-state index in [1.165, 1.54) is 0 Å². The molecule has 0 radical (unpaired) electrons. The Bertz CT molecular complexity index is 882.